The maximum atomic E-state index is 12.3. The lowest BCUT2D eigenvalue weighted by atomic mass is 10.2. The molecule has 0 radical (unpaired) electrons. The topological polar surface area (TPSA) is 51.2 Å². The van der Waals surface area contributed by atoms with Crippen molar-refractivity contribution in [3.63, 3.8) is 0 Å². The number of benzene rings is 2. The van der Waals surface area contributed by atoms with E-state index in [4.69, 9.17) is 27.9 Å². The normalized spacial score (nSPS) is 12.0. The highest BCUT2D eigenvalue weighted by molar-refractivity contribution is 6.42. The van der Waals surface area contributed by atoms with Gasteiger partial charge >= 0.3 is 0 Å². The van der Waals surface area contributed by atoms with Gasteiger partial charge in [0.1, 0.15) is 10.8 Å². The summed E-state index contributed by atoms with van der Waals surface area (Å²) in [6.07, 6.45) is 0.867. The number of amides is 1. The number of fused-ring (bicyclic) bond motifs is 1. The minimum absolute atomic E-state index is 0.284. The standard InChI is InChI=1S/C18H14Cl2N2O2/c1-11(24-16-8-4-6-14(19)17(16)20)18(23)22-13-9-12-5-2-3-7-15(12)21-10-13/h2-11H,1H3,(H,22,23). The van der Waals surface area contributed by atoms with Crippen LogP contribution < -0.4 is 10.1 Å². The van der Waals surface area contributed by atoms with Crippen LogP contribution in [0.3, 0.4) is 0 Å². The molecule has 1 unspecified atom stereocenters. The highest BCUT2D eigenvalue weighted by atomic mass is 35.5. The van der Waals surface area contributed by atoms with Crippen LogP contribution in [0.1, 0.15) is 6.92 Å². The van der Waals surface area contributed by atoms with Gasteiger partial charge < -0.3 is 10.1 Å². The van der Waals surface area contributed by atoms with Crippen LogP contribution in [0, 0.1) is 0 Å². The van der Waals surface area contributed by atoms with Crippen LogP contribution in [0.15, 0.2) is 54.7 Å². The van der Waals surface area contributed by atoms with Crippen LogP contribution in [0.25, 0.3) is 10.9 Å². The Labute approximate surface area is 149 Å². The van der Waals surface area contributed by atoms with Crippen molar-refractivity contribution < 1.29 is 9.53 Å². The molecule has 3 rings (SSSR count). The van der Waals surface area contributed by atoms with Gasteiger partial charge in [0, 0.05) is 5.39 Å². The first-order valence-corrected chi connectivity index (χ1v) is 8.06. The molecule has 0 aliphatic heterocycles. The summed E-state index contributed by atoms with van der Waals surface area (Å²) in [5.41, 5.74) is 1.47. The molecule has 0 fully saturated rings. The molecule has 6 heteroatoms. The number of carbonyl (C=O) groups excluding carboxylic acids is 1. The first kappa shape index (κ1) is 16.6. The first-order valence-electron chi connectivity index (χ1n) is 7.31. The number of nitrogens with one attached hydrogen (secondary N) is 1. The minimum Gasteiger partial charge on any atom is -0.479 e. The van der Waals surface area contributed by atoms with Gasteiger partial charge in [-0.2, -0.15) is 0 Å². The zero-order valence-electron chi connectivity index (χ0n) is 12.8. The summed E-state index contributed by atoms with van der Waals surface area (Å²) >= 11 is 12.0. The Hall–Kier alpha value is -2.30. The highest BCUT2D eigenvalue weighted by Gasteiger charge is 2.17. The molecule has 2 aromatic carbocycles. The van der Waals surface area contributed by atoms with Crippen LogP contribution in [0.5, 0.6) is 5.75 Å². The number of hydrogen-bond acceptors (Lipinski definition) is 3. The lowest BCUT2D eigenvalue weighted by molar-refractivity contribution is -0.122. The van der Waals surface area contributed by atoms with E-state index in [1.54, 1.807) is 31.3 Å². The van der Waals surface area contributed by atoms with Gasteiger partial charge in [0.2, 0.25) is 0 Å². The second-order valence-electron chi connectivity index (χ2n) is 5.22. The Balaban J connectivity index is 1.72. The molecule has 3 aromatic rings. The predicted octanol–water partition coefficient (Wildman–Crippen LogP) is 4.95. The molecule has 1 amide bonds. The maximum absolute atomic E-state index is 12.3. The molecule has 1 atom stereocenters. The van der Waals surface area contributed by atoms with Crippen molar-refractivity contribution in [2.24, 2.45) is 0 Å². The van der Waals surface area contributed by atoms with Gasteiger partial charge in [0.15, 0.2) is 6.10 Å². The third-order valence-electron chi connectivity index (χ3n) is 3.45. The van der Waals surface area contributed by atoms with Crippen molar-refractivity contribution in [3.05, 3.63) is 64.8 Å². The Bertz CT molecular complexity index is 899. The summed E-state index contributed by atoms with van der Waals surface area (Å²) in [6.45, 7) is 1.64. The zero-order chi connectivity index (χ0) is 17.1. The predicted molar refractivity (Wildman–Crippen MR) is 96.9 cm³/mol. The lowest BCUT2D eigenvalue weighted by Crippen LogP contribution is -2.30. The quantitative estimate of drug-likeness (QED) is 0.716. The van der Waals surface area contributed by atoms with Crippen LogP contribution in [-0.2, 0) is 4.79 Å². The average molecular weight is 361 g/mol. The van der Waals surface area contributed by atoms with Gasteiger partial charge in [0.25, 0.3) is 5.91 Å². The number of rotatable bonds is 4. The molecular weight excluding hydrogens is 347 g/mol. The summed E-state index contributed by atoms with van der Waals surface area (Å²) in [5, 5.41) is 4.39. The molecule has 0 saturated carbocycles. The van der Waals surface area contributed by atoms with E-state index < -0.39 is 6.10 Å². The number of para-hydroxylation sites is 1. The highest BCUT2D eigenvalue weighted by Crippen LogP contribution is 2.32. The lowest BCUT2D eigenvalue weighted by Gasteiger charge is -2.16. The summed E-state index contributed by atoms with van der Waals surface area (Å²) < 4.78 is 5.60. The van der Waals surface area contributed by atoms with E-state index in [2.05, 4.69) is 10.3 Å². The number of nitrogens with zero attached hydrogens (tertiary/aromatic N) is 1. The van der Waals surface area contributed by atoms with Crippen LogP contribution in [-0.4, -0.2) is 17.0 Å². The maximum Gasteiger partial charge on any atom is 0.265 e. The molecule has 0 bridgehead atoms. The third kappa shape index (κ3) is 3.61. The van der Waals surface area contributed by atoms with E-state index in [0.717, 1.165) is 10.9 Å². The summed E-state index contributed by atoms with van der Waals surface area (Å²) in [4.78, 5) is 16.6. The first-order chi connectivity index (χ1) is 11.5. The van der Waals surface area contributed by atoms with Crippen LogP contribution >= 0.6 is 23.2 Å². The molecule has 122 valence electrons. The Morgan fingerprint density at radius 2 is 1.96 bits per heavy atom. The fraction of sp³-hybridized carbons (Fsp3) is 0.111. The molecule has 24 heavy (non-hydrogen) atoms. The van der Waals surface area contributed by atoms with Gasteiger partial charge in [-0.05, 0) is 31.2 Å². The van der Waals surface area contributed by atoms with E-state index in [-0.39, 0.29) is 10.9 Å². The molecule has 0 saturated heterocycles. The van der Waals surface area contributed by atoms with Crippen molar-refractivity contribution in [2.75, 3.05) is 5.32 Å². The monoisotopic (exact) mass is 360 g/mol. The summed E-state index contributed by atoms with van der Waals surface area (Å²) in [6, 6.07) is 14.6. The van der Waals surface area contributed by atoms with E-state index in [1.165, 1.54) is 0 Å². The van der Waals surface area contributed by atoms with Crippen molar-refractivity contribution in [2.45, 2.75) is 13.0 Å². The SMILES string of the molecule is CC(Oc1cccc(Cl)c1Cl)C(=O)Nc1cnc2ccccc2c1. The van der Waals surface area contributed by atoms with Gasteiger partial charge in [0.05, 0.1) is 22.4 Å². The van der Waals surface area contributed by atoms with Crippen molar-refractivity contribution in [1.82, 2.24) is 4.98 Å². The number of hydrogen-bond donors (Lipinski definition) is 1. The second-order valence-corrected chi connectivity index (χ2v) is 6.00. The van der Waals surface area contributed by atoms with Crippen molar-refractivity contribution in [1.29, 1.82) is 0 Å². The third-order valence-corrected chi connectivity index (χ3v) is 4.25. The molecular formula is C18H14Cl2N2O2. The van der Waals surface area contributed by atoms with Crippen molar-refractivity contribution >= 4 is 45.7 Å². The van der Waals surface area contributed by atoms with Crippen LogP contribution in [0.4, 0.5) is 5.69 Å². The van der Waals surface area contributed by atoms with Gasteiger partial charge in [-0.3, -0.25) is 9.78 Å². The molecule has 1 aromatic heterocycles. The fourth-order valence-corrected chi connectivity index (χ4v) is 2.54. The van der Waals surface area contributed by atoms with Crippen LogP contribution in [0.2, 0.25) is 10.0 Å². The average Bonchev–Trinajstić information content (AvgIpc) is 2.58. The van der Waals surface area contributed by atoms with Crippen molar-refractivity contribution in [3.8, 4) is 5.75 Å². The smallest absolute Gasteiger partial charge is 0.265 e. The van der Waals surface area contributed by atoms with E-state index in [9.17, 15) is 4.79 Å². The molecule has 0 aliphatic carbocycles. The number of carbonyl (C=O) groups is 1. The summed E-state index contributed by atoms with van der Waals surface area (Å²) in [7, 11) is 0. The molecule has 1 heterocycles. The zero-order valence-corrected chi connectivity index (χ0v) is 14.3. The number of pyridine rings is 1. The summed E-state index contributed by atoms with van der Waals surface area (Å²) in [5.74, 6) is 0.0616. The van der Waals surface area contributed by atoms with E-state index in [0.29, 0.717) is 16.5 Å². The molecule has 0 spiro atoms. The minimum atomic E-state index is -0.743. The number of aromatic nitrogens is 1. The molecule has 4 nitrogen and oxygen atoms in total. The number of anilines is 1. The van der Waals surface area contributed by atoms with Gasteiger partial charge in [-0.15, -0.1) is 0 Å². The Morgan fingerprint density at radius 3 is 2.79 bits per heavy atom. The fourth-order valence-electron chi connectivity index (χ4n) is 2.20. The molecule has 1 N–H and O–H groups in total. The molecule has 0 aliphatic rings. The van der Waals surface area contributed by atoms with E-state index >= 15 is 0 Å². The van der Waals surface area contributed by atoms with Gasteiger partial charge in [-0.1, -0.05) is 47.5 Å². The largest absolute Gasteiger partial charge is 0.479 e. The number of halogens is 2. The Kier molecular flexibility index (Phi) is 4.88. The number of ether oxygens (including phenoxy) is 1. The van der Waals surface area contributed by atoms with E-state index in [1.807, 2.05) is 30.3 Å². The Morgan fingerprint density at radius 1 is 1.17 bits per heavy atom. The van der Waals surface area contributed by atoms with Gasteiger partial charge in [-0.25, -0.2) is 0 Å². The second kappa shape index (κ2) is 7.07.